The van der Waals surface area contributed by atoms with Gasteiger partial charge in [-0.2, -0.15) is 0 Å². The molecule has 0 N–H and O–H groups in total. The Labute approximate surface area is 72.2 Å². The van der Waals surface area contributed by atoms with Crippen molar-refractivity contribution in [3.05, 3.63) is 30.3 Å². The van der Waals surface area contributed by atoms with E-state index in [9.17, 15) is 4.79 Å². The van der Waals surface area contributed by atoms with Gasteiger partial charge in [-0.25, -0.2) is 0 Å². The number of hydrogen-bond acceptors (Lipinski definition) is 2. The Morgan fingerprint density at radius 2 is 2.25 bits per heavy atom. The Balaban J connectivity index is 2.59. The number of benzene rings is 1. The first kappa shape index (κ1) is 8.78. The smallest absolute Gasteiger partial charge is 0.313 e. The fourth-order valence-electron chi connectivity index (χ4n) is 0.667. The van der Waals surface area contributed by atoms with Gasteiger partial charge in [0.1, 0.15) is 5.75 Å². The Hall–Kier alpha value is -1.31. The highest BCUT2D eigenvalue weighted by molar-refractivity contribution is 5.74. The molecule has 0 heterocycles. The van der Waals surface area contributed by atoms with E-state index in [0.717, 1.165) is 0 Å². The molecule has 0 fully saturated rings. The largest absolute Gasteiger partial charge is 0.426 e. The van der Waals surface area contributed by atoms with Crippen LogP contribution in [0.4, 0.5) is 0 Å². The van der Waals surface area contributed by atoms with Gasteiger partial charge < -0.3 is 4.74 Å². The van der Waals surface area contributed by atoms with Crippen LogP contribution in [0.3, 0.4) is 0 Å². The first-order valence-corrected chi connectivity index (χ1v) is 3.88. The lowest BCUT2D eigenvalue weighted by Crippen LogP contribution is -2.14. The lowest BCUT2D eigenvalue weighted by molar-refractivity contribution is -0.137. The summed E-state index contributed by atoms with van der Waals surface area (Å²) in [4.78, 5) is 11.1. The lowest BCUT2D eigenvalue weighted by atomic mass is 10.2. The average molecular weight is 163 g/mol. The number of carbonyl (C=O) groups is 1. The molecule has 0 atom stereocenters. The summed E-state index contributed by atoms with van der Waals surface area (Å²) in [5.41, 5.74) is 0. The zero-order valence-electron chi connectivity index (χ0n) is 7.20. The monoisotopic (exact) mass is 163 g/mol. The van der Waals surface area contributed by atoms with Crippen molar-refractivity contribution >= 4 is 5.97 Å². The van der Waals surface area contributed by atoms with Crippen molar-refractivity contribution in [3.8, 4) is 5.75 Å². The molecule has 0 aliphatic rings. The van der Waals surface area contributed by atoms with E-state index in [0.29, 0.717) is 5.75 Å². The third-order valence-corrected chi connectivity index (χ3v) is 1.36. The van der Waals surface area contributed by atoms with Crippen LogP contribution in [0.15, 0.2) is 24.3 Å². The summed E-state index contributed by atoms with van der Waals surface area (Å²) >= 11 is 0. The predicted molar refractivity (Wildman–Crippen MR) is 45.8 cm³/mol. The zero-order valence-corrected chi connectivity index (χ0v) is 7.20. The molecule has 0 aliphatic heterocycles. The minimum atomic E-state index is -0.225. The van der Waals surface area contributed by atoms with E-state index in [-0.39, 0.29) is 11.9 Å². The average Bonchev–Trinajstić information content (AvgIpc) is 2.06. The summed E-state index contributed by atoms with van der Waals surface area (Å²) in [7, 11) is 0. The summed E-state index contributed by atoms with van der Waals surface area (Å²) in [5, 5.41) is 0. The molecule has 0 bridgehead atoms. The van der Waals surface area contributed by atoms with Crippen LogP contribution in [-0.4, -0.2) is 5.97 Å². The van der Waals surface area contributed by atoms with Crippen LogP contribution < -0.4 is 4.74 Å². The molecule has 1 aromatic carbocycles. The number of para-hydroxylation sites is 1. The van der Waals surface area contributed by atoms with Gasteiger partial charge in [-0.3, -0.25) is 4.79 Å². The summed E-state index contributed by atoms with van der Waals surface area (Å²) in [6, 6.07) is 9.86. The second-order valence-corrected chi connectivity index (χ2v) is 2.80. The summed E-state index contributed by atoms with van der Waals surface area (Å²) < 4.78 is 4.98. The molecule has 0 amide bonds. The highest BCUT2D eigenvalue weighted by Crippen LogP contribution is 2.09. The molecule has 1 rings (SSSR count). The standard InChI is InChI=1S/C10H11O2/c1-8(2)10(11)12-9-6-4-3-5-7-9/h3-6,8H,1-2H3. The van der Waals surface area contributed by atoms with E-state index in [1.807, 2.05) is 6.07 Å². The van der Waals surface area contributed by atoms with Crippen molar-refractivity contribution in [2.24, 2.45) is 5.92 Å². The van der Waals surface area contributed by atoms with Crippen LogP contribution in [0.5, 0.6) is 5.75 Å². The van der Waals surface area contributed by atoms with E-state index in [2.05, 4.69) is 6.07 Å². The van der Waals surface area contributed by atoms with Crippen LogP contribution in [0, 0.1) is 12.0 Å². The molecule has 12 heavy (non-hydrogen) atoms. The van der Waals surface area contributed by atoms with Gasteiger partial charge in [-0.1, -0.05) is 32.0 Å². The van der Waals surface area contributed by atoms with Gasteiger partial charge in [0.05, 0.1) is 5.92 Å². The molecular formula is C10H11O2. The van der Waals surface area contributed by atoms with E-state index < -0.39 is 0 Å². The van der Waals surface area contributed by atoms with Gasteiger partial charge in [0.2, 0.25) is 0 Å². The van der Waals surface area contributed by atoms with E-state index in [4.69, 9.17) is 4.74 Å². The predicted octanol–water partition coefficient (Wildman–Crippen LogP) is 2.05. The Morgan fingerprint density at radius 3 is 2.75 bits per heavy atom. The fourth-order valence-corrected chi connectivity index (χ4v) is 0.667. The van der Waals surface area contributed by atoms with Crippen molar-refractivity contribution in [1.29, 1.82) is 0 Å². The quantitative estimate of drug-likeness (QED) is 0.492. The van der Waals surface area contributed by atoms with Gasteiger partial charge >= 0.3 is 5.97 Å². The van der Waals surface area contributed by atoms with Crippen LogP contribution in [0.1, 0.15) is 13.8 Å². The maximum Gasteiger partial charge on any atom is 0.313 e. The third-order valence-electron chi connectivity index (χ3n) is 1.36. The zero-order chi connectivity index (χ0) is 8.97. The molecule has 0 aliphatic carbocycles. The number of hydrogen-bond donors (Lipinski definition) is 0. The van der Waals surface area contributed by atoms with E-state index in [1.54, 1.807) is 32.0 Å². The normalized spacial score (nSPS) is 9.92. The van der Waals surface area contributed by atoms with Gasteiger partial charge in [0, 0.05) is 6.07 Å². The Morgan fingerprint density at radius 1 is 1.50 bits per heavy atom. The van der Waals surface area contributed by atoms with Crippen molar-refractivity contribution in [2.45, 2.75) is 13.8 Å². The van der Waals surface area contributed by atoms with E-state index in [1.165, 1.54) is 0 Å². The molecule has 2 heteroatoms. The highest BCUT2D eigenvalue weighted by atomic mass is 16.5. The highest BCUT2D eigenvalue weighted by Gasteiger charge is 2.08. The molecular weight excluding hydrogens is 152 g/mol. The summed E-state index contributed by atoms with van der Waals surface area (Å²) in [6.45, 7) is 3.59. The molecule has 0 spiro atoms. The second-order valence-electron chi connectivity index (χ2n) is 2.80. The molecule has 1 aromatic rings. The SMILES string of the molecule is CC(C)C(=O)Oc1[c]cccc1. The van der Waals surface area contributed by atoms with Crippen LogP contribution >= 0.6 is 0 Å². The van der Waals surface area contributed by atoms with Crippen LogP contribution in [0.2, 0.25) is 0 Å². The molecule has 0 saturated heterocycles. The number of rotatable bonds is 2. The minimum Gasteiger partial charge on any atom is -0.426 e. The first-order valence-electron chi connectivity index (χ1n) is 3.88. The number of esters is 1. The lowest BCUT2D eigenvalue weighted by Gasteiger charge is -2.04. The van der Waals surface area contributed by atoms with Gasteiger partial charge in [0.25, 0.3) is 0 Å². The van der Waals surface area contributed by atoms with Gasteiger partial charge in [-0.15, -0.1) is 0 Å². The van der Waals surface area contributed by atoms with Gasteiger partial charge in [0.15, 0.2) is 0 Å². The van der Waals surface area contributed by atoms with Crippen molar-refractivity contribution in [3.63, 3.8) is 0 Å². The summed E-state index contributed by atoms with van der Waals surface area (Å²) in [6.07, 6.45) is 0. The van der Waals surface area contributed by atoms with E-state index >= 15 is 0 Å². The maximum atomic E-state index is 11.1. The van der Waals surface area contributed by atoms with Crippen LogP contribution in [0.25, 0.3) is 0 Å². The third kappa shape index (κ3) is 2.38. The van der Waals surface area contributed by atoms with Crippen molar-refractivity contribution in [1.82, 2.24) is 0 Å². The molecule has 0 saturated carbocycles. The molecule has 2 nitrogen and oxygen atoms in total. The molecule has 0 aromatic heterocycles. The second kappa shape index (κ2) is 3.90. The number of carbonyl (C=O) groups excluding carboxylic acids is 1. The van der Waals surface area contributed by atoms with Crippen molar-refractivity contribution in [2.75, 3.05) is 0 Å². The Kier molecular flexibility index (Phi) is 2.86. The Bertz CT molecular complexity index is 252. The molecule has 63 valence electrons. The number of ether oxygens (including phenoxy) is 1. The minimum absolute atomic E-state index is 0.0985. The topological polar surface area (TPSA) is 26.3 Å². The van der Waals surface area contributed by atoms with Gasteiger partial charge in [-0.05, 0) is 6.07 Å². The summed E-state index contributed by atoms with van der Waals surface area (Å²) in [5.74, 6) is 0.159. The van der Waals surface area contributed by atoms with Crippen molar-refractivity contribution < 1.29 is 9.53 Å². The first-order chi connectivity index (χ1) is 5.70. The fraction of sp³-hybridized carbons (Fsp3) is 0.300. The van der Waals surface area contributed by atoms with Crippen LogP contribution in [-0.2, 0) is 4.79 Å². The molecule has 0 unspecified atom stereocenters. The molecule has 1 radical (unpaired) electrons. The maximum absolute atomic E-state index is 11.1.